The minimum Gasteiger partial charge on any atom is -0.310 e. The Morgan fingerprint density at radius 1 is 0.179 bits per heavy atom. The van der Waals surface area contributed by atoms with Crippen LogP contribution in [0.1, 0.15) is 0 Å². The number of nitrogens with zero attached hydrogens (tertiary/aromatic N) is 5. The molecule has 0 N–H and O–H groups in total. The van der Waals surface area contributed by atoms with Crippen LogP contribution in [0.25, 0.3) is 240 Å². The van der Waals surface area contributed by atoms with Gasteiger partial charge in [-0.05, 0) is 292 Å². The highest BCUT2D eigenvalue weighted by Gasteiger charge is 2.23. The molecule has 0 aliphatic rings. The van der Waals surface area contributed by atoms with Gasteiger partial charge in [-0.2, -0.15) is 0 Å². The van der Waals surface area contributed by atoms with Crippen LogP contribution >= 0.6 is 0 Å². The van der Waals surface area contributed by atoms with E-state index >= 15 is 0 Å². The molecule has 0 spiro atoms. The summed E-state index contributed by atoms with van der Waals surface area (Å²) in [5, 5.41) is 27.3. The molecular weight excluding hydrogens is 1360 g/mol. The van der Waals surface area contributed by atoms with Crippen molar-refractivity contribution in [3.63, 3.8) is 0 Å². The van der Waals surface area contributed by atoms with E-state index in [0.717, 1.165) is 66.7 Å². The summed E-state index contributed by atoms with van der Waals surface area (Å²) < 4.78 is 4.65. The fraction of sp³-hybridized carbons (Fsp3) is 0. The first-order valence-corrected chi connectivity index (χ1v) is 38.1. The van der Waals surface area contributed by atoms with Crippen molar-refractivity contribution >= 4 is 152 Å². The van der Waals surface area contributed by atoms with E-state index in [9.17, 15) is 0 Å². The highest BCUT2D eigenvalue weighted by Crippen LogP contribution is 2.48. The largest absolute Gasteiger partial charge is 0.310 e. The lowest BCUT2D eigenvalue weighted by atomic mass is 9.89. The van der Waals surface area contributed by atoms with Crippen molar-refractivity contribution in [3.05, 3.63) is 393 Å². The third-order valence-electron chi connectivity index (χ3n) is 23.6. The summed E-state index contributed by atoms with van der Waals surface area (Å²) in [7, 11) is 0. The van der Waals surface area contributed by atoms with Crippen LogP contribution < -0.4 is 0 Å². The summed E-state index contributed by atoms with van der Waals surface area (Å²) in [5.74, 6) is 0. The molecule has 0 fully saturated rings. The second-order valence-electron chi connectivity index (χ2n) is 30.0. The van der Waals surface area contributed by atoms with Crippen molar-refractivity contribution in [1.29, 1.82) is 0 Å². The summed E-state index contributed by atoms with van der Waals surface area (Å²) in [5.41, 5.74) is 24.1. The predicted octanol–water partition coefficient (Wildman–Crippen LogP) is 29.9. The molecule has 3 aromatic heterocycles. The molecule has 5 nitrogen and oxygen atoms in total. The van der Waals surface area contributed by atoms with Gasteiger partial charge < -0.3 is 9.13 Å². The van der Waals surface area contributed by atoms with Gasteiger partial charge in [0, 0.05) is 55.1 Å². The van der Waals surface area contributed by atoms with Crippen molar-refractivity contribution in [2.75, 3.05) is 0 Å². The van der Waals surface area contributed by atoms with E-state index in [2.05, 4.69) is 352 Å². The zero-order valence-electron chi connectivity index (χ0n) is 60.5. The van der Waals surface area contributed by atoms with Gasteiger partial charge in [-0.3, -0.25) is 0 Å². The maximum Gasteiger partial charge on any atom is 0.189 e. The lowest BCUT2D eigenvalue weighted by Gasteiger charge is -2.15. The Balaban J connectivity index is 0.000000134. The smallest absolute Gasteiger partial charge is 0.189 e. The van der Waals surface area contributed by atoms with E-state index in [0.29, 0.717) is 11.4 Å². The Morgan fingerprint density at radius 2 is 0.446 bits per heavy atom. The Labute approximate surface area is 644 Å². The van der Waals surface area contributed by atoms with Crippen LogP contribution in [0.2, 0.25) is 0 Å². The first-order chi connectivity index (χ1) is 55.3. The van der Waals surface area contributed by atoms with Gasteiger partial charge in [0.15, 0.2) is 11.4 Å². The lowest BCUT2D eigenvalue weighted by Crippen LogP contribution is -1.93. The number of fused-ring (bicyclic) bond motifs is 1. The quantitative estimate of drug-likeness (QED) is 0.105. The minimum absolute atomic E-state index is 0.654. The van der Waals surface area contributed by atoms with Gasteiger partial charge in [-0.25, -0.2) is 14.7 Å². The first-order valence-electron chi connectivity index (χ1n) is 38.1. The van der Waals surface area contributed by atoms with Gasteiger partial charge in [0.2, 0.25) is 0 Å². The summed E-state index contributed by atoms with van der Waals surface area (Å²) in [4.78, 5) is 12.7. The third-order valence-corrected chi connectivity index (χ3v) is 23.6. The predicted molar refractivity (Wildman–Crippen MR) is 472 cm³/mol. The van der Waals surface area contributed by atoms with E-state index < -0.39 is 0 Å². The average molecular weight is 1420 g/mol. The zero-order valence-corrected chi connectivity index (χ0v) is 60.5. The maximum atomic E-state index is 7.79. The molecule has 0 aliphatic heterocycles. The number of rotatable bonds is 9. The topological polar surface area (TPSA) is 31.5 Å². The van der Waals surface area contributed by atoms with Gasteiger partial charge in [0.1, 0.15) is 0 Å². The molecule has 514 valence electrons. The molecule has 5 heteroatoms. The second-order valence-corrected chi connectivity index (χ2v) is 30.0. The molecule has 24 aromatic rings. The third kappa shape index (κ3) is 9.98. The van der Waals surface area contributed by atoms with Crippen LogP contribution in [0.5, 0.6) is 0 Å². The number of benzene rings is 21. The molecular formula is C107H61N5. The molecule has 112 heavy (non-hydrogen) atoms. The highest BCUT2D eigenvalue weighted by atomic mass is 15.0. The number of para-hydroxylation sites is 2. The van der Waals surface area contributed by atoms with E-state index in [4.69, 9.17) is 18.1 Å². The lowest BCUT2D eigenvalue weighted by molar-refractivity contribution is 1.18. The van der Waals surface area contributed by atoms with E-state index in [1.54, 1.807) is 0 Å². The van der Waals surface area contributed by atoms with Gasteiger partial charge in [0.25, 0.3) is 0 Å². The van der Waals surface area contributed by atoms with Crippen LogP contribution in [0.15, 0.2) is 370 Å². The average Bonchev–Trinajstić information content (AvgIpc) is 0.978. The number of hydrogen-bond acceptors (Lipinski definition) is 1. The normalized spacial score (nSPS) is 11.9. The molecule has 0 amide bonds. The second kappa shape index (κ2) is 24.6. The van der Waals surface area contributed by atoms with Gasteiger partial charge in [-0.15, -0.1) is 0 Å². The Kier molecular flexibility index (Phi) is 13.8. The Morgan fingerprint density at radius 3 is 0.821 bits per heavy atom. The first kappa shape index (κ1) is 62.9. The van der Waals surface area contributed by atoms with Crippen LogP contribution in [-0.4, -0.2) is 14.1 Å². The Hall–Kier alpha value is -15.3. The Bertz CT molecular complexity index is 7900. The fourth-order valence-electron chi connectivity index (χ4n) is 18.4. The fourth-order valence-corrected chi connectivity index (χ4v) is 18.4. The van der Waals surface area contributed by atoms with Gasteiger partial charge in [0.05, 0.1) is 35.6 Å². The molecule has 0 unspecified atom stereocenters. The van der Waals surface area contributed by atoms with Crippen LogP contribution in [-0.2, 0) is 0 Å². The van der Waals surface area contributed by atoms with E-state index in [1.807, 2.05) is 36.4 Å². The molecule has 0 saturated carbocycles. The molecule has 0 bridgehead atoms. The van der Waals surface area contributed by atoms with Crippen LogP contribution in [0.3, 0.4) is 0 Å². The van der Waals surface area contributed by atoms with Crippen molar-refractivity contribution in [1.82, 2.24) is 14.1 Å². The summed E-state index contributed by atoms with van der Waals surface area (Å²) >= 11 is 0. The minimum atomic E-state index is 0.654. The van der Waals surface area contributed by atoms with Gasteiger partial charge in [-0.1, -0.05) is 231 Å². The molecule has 21 aromatic carbocycles. The van der Waals surface area contributed by atoms with Crippen molar-refractivity contribution < 1.29 is 0 Å². The van der Waals surface area contributed by atoms with Crippen molar-refractivity contribution in [3.8, 4) is 89.5 Å². The molecule has 3 heterocycles. The highest BCUT2D eigenvalue weighted by molar-refractivity contribution is 6.29. The molecule has 0 aliphatic carbocycles. The van der Waals surface area contributed by atoms with Crippen LogP contribution in [0, 0.1) is 13.1 Å². The summed E-state index contributed by atoms with van der Waals surface area (Å²) in [6, 6.07) is 134. The summed E-state index contributed by atoms with van der Waals surface area (Å²) in [6.07, 6.45) is 0. The molecule has 24 rings (SSSR count). The zero-order chi connectivity index (χ0) is 73.8. The van der Waals surface area contributed by atoms with Crippen molar-refractivity contribution in [2.24, 2.45) is 0 Å². The maximum absolute atomic E-state index is 7.79. The monoisotopic (exact) mass is 1420 g/mol. The van der Waals surface area contributed by atoms with Gasteiger partial charge >= 0.3 is 0 Å². The molecule has 0 saturated heterocycles. The number of pyridine rings is 1. The number of aromatic nitrogens is 3. The van der Waals surface area contributed by atoms with Crippen LogP contribution in [0.4, 0.5) is 11.4 Å². The molecule has 0 radical (unpaired) electrons. The van der Waals surface area contributed by atoms with E-state index in [1.165, 1.54) is 163 Å². The summed E-state index contributed by atoms with van der Waals surface area (Å²) in [6.45, 7) is 15.6. The van der Waals surface area contributed by atoms with E-state index in [-0.39, 0.29) is 0 Å². The SMILES string of the molecule is [C-]#[N+]c1cc2ccc3cc(-c4ccc(-c5cc6ccc7cc(-c8ccc9ccccc9c8)cc8ccc(c5)c6c78)cc4)cc4c3c2c(c1)n4-c1ccccc1.[C-]#[N+]c1cc2ccc3cc(-c4ccc(-c5cc6ccc7cc(-c8cccc(-c9ccccc9)n8)cc8ccc(c5)c6c78)cc4)cc4c3c2c(c1)n4-c1ccccc1. The number of hydrogen-bond donors (Lipinski definition) is 0. The molecule has 0 atom stereocenters. The van der Waals surface area contributed by atoms with Crippen molar-refractivity contribution in [2.45, 2.75) is 0 Å². The standard InChI is InChI=1S/C54H31N3.C53H30N2/c1-55-45-30-41-24-23-40-27-43(31-49-53(40)54(41)50(32-45)57(49)46-11-6-3-7-12-46)34-17-15-33(16-18-34)42-25-36-19-21-38-28-44(29-39-22-20-37(26-42)51(36)52(38)39)48-14-8-13-47(56-48)35-9-4-2-5-10-35;1-54-46-29-42-22-21-41-28-45(30-48-52(41)53(42)49(31-46)55(48)47-9-3-2-4-10-47)34-13-11-33(12-14-34)43-24-37-17-19-39-26-44(27-40-20-18-38(25-43)50(37)51(39)40)36-16-15-32-7-5-6-8-35(32)23-36/h2-32H;2-31H.